The first-order valence-electron chi connectivity index (χ1n) is 7.59. The third kappa shape index (κ3) is 3.28. The van der Waals surface area contributed by atoms with E-state index in [0.29, 0.717) is 0 Å². The molecular formula is C18H17ClIN3. The van der Waals surface area contributed by atoms with Gasteiger partial charge in [-0.2, -0.15) is 0 Å². The maximum Gasteiger partial charge on any atom is 0.162 e. The summed E-state index contributed by atoms with van der Waals surface area (Å²) in [5.41, 5.74) is 2.10. The highest BCUT2D eigenvalue weighted by molar-refractivity contribution is 14.1. The number of benzene rings is 2. The highest BCUT2D eigenvalue weighted by Gasteiger charge is 2.18. The molecule has 0 spiro atoms. The Morgan fingerprint density at radius 3 is 2.30 bits per heavy atom. The maximum absolute atomic E-state index is 4.90. The Balaban J connectivity index is 0.00000156. The molecule has 1 aliphatic heterocycles. The number of anilines is 1. The molecule has 0 unspecified atom stereocenters. The first-order valence-corrected chi connectivity index (χ1v) is 8.67. The van der Waals surface area contributed by atoms with Crippen LogP contribution >= 0.6 is 35.0 Å². The second-order valence-corrected chi connectivity index (χ2v) is 6.83. The van der Waals surface area contributed by atoms with Crippen molar-refractivity contribution < 1.29 is 0 Å². The average Bonchev–Trinajstić information content (AvgIpc) is 3.09. The van der Waals surface area contributed by atoms with Crippen molar-refractivity contribution in [3.8, 4) is 11.4 Å². The smallest absolute Gasteiger partial charge is 0.162 e. The topological polar surface area (TPSA) is 29.0 Å². The molecule has 23 heavy (non-hydrogen) atoms. The van der Waals surface area contributed by atoms with E-state index >= 15 is 0 Å². The molecule has 0 atom stereocenters. The maximum atomic E-state index is 4.90. The van der Waals surface area contributed by atoms with Gasteiger partial charge in [-0.15, -0.1) is 12.4 Å². The minimum absolute atomic E-state index is 0. The van der Waals surface area contributed by atoms with E-state index in [1.165, 1.54) is 16.4 Å². The molecule has 2 aromatic carbocycles. The summed E-state index contributed by atoms with van der Waals surface area (Å²) in [6.07, 6.45) is 2.49. The standard InChI is InChI=1S/C18H16IN3.ClH/c19-14-9-7-13(8-10-14)17-20-16-6-2-1-5-15(16)18(21-17)22-11-3-4-12-22;/h1-2,5-10H,3-4,11-12H2;1H. The highest BCUT2D eigenvalue weighted by atomic mass is 127. The number of hydrogen-bond acceptors (Lipinski definition) is 3. The Labute approximate surface area is 155 Å². The van der Waals surface area contributed by atoms with E-state index in [9.17, 15) is 0 Å². The molecule has 5 heteroatoms. The van der Waals surface area contributed by atoms with Gasteiger partial charge in [-0.3, -0.25) is 0 Å². The monoisotopic (exact) mass is 437 g/mol. The highest BCUT2D eigenvalue weighted by Crippen LogP contribution is 2.29. The van der Waals surface area contributed by atoms with Crippen LogP contribution in [0.15, 0.2) is 48.5 Å². The Morgan fingerprint density at radius 2 is 1.57 bits per heavy atom. The van der Waals surface area contributed by atoms with Crippen molar-refractivity contribution >= 4 is 51.7 Å². The molecule has 4 rings (SSSR count). The van der Waals surface area contributed by atoms with Crippen LogP contribution in [0, 0.1) is 3.57 Å². The number of rotatable bonds is 2. The van der Waals surface area contributed by atoms with Crippen molar-refractivity contribution in [2.45, 2.75) is 12.8 Å². The van der Waals surface area contributed by atoms with Crippen molar-refractivity contribution in [1.82, 2.24) is 9.97 Å². The molecule has 0 aliphatic carbocycles. The molecule has 118 valence electrons. The molecular weight excluding hydrogens is 421 g/mol. The molecule has 1 fully saturated rings. The minimum atomic E-state index is 0. The summed E-state index contributed by atoms with van der Waals surface area (Å²) in [5.74, 6) is 1.90. The molecule has 1 aromatic heterocycles. The Morgan fingerprint density at radius 1 is 0.870 bits per heavy atom. The van der Waals surface area contributed by atoms with Gasteiger partial charge in [0.15, 0.2) is 5.82 Å². The number of fused-ring (bicyclic) bond motifs is 1. The normalized spacial score (nSPS) is 14.0. The zero-order valence-electron chi connectivity index (χ0n) is 12.6. The quantitative estimate of drug-likeness (QED) is 0.533. The molecule has 0 N–H and O–H groups in total. The lowest BCUT2D eigenvalue weighted by molar-refractivity contribution is 0.941. The van der Waals surface area contributed by atoms with Gasteiger partial charge in [-0.05, 0) is 59.7 Å². The van der Waals surface area contributed by atoms with E-state index in [4.69, 9.17) is 9.97 Å². The molecule has 0 amide bonds. The van der Waals surface area contributed by atoms with Crippen LogP contribution < -0.4 is 4.90 Å². The molecule has 0 radical (unpaired) electrons. The van der Waals surface area contributed by atoms with Crippen molar-refractivity contribution in [1.29, 1.82) is 0 Å². The molecule has 0 bridgehead atoms. The summed E-state index contributed by atoms with van der Waals surface area (Å²) < 4.78 is 1.22. The second kappa shape index (κ2) is 7.01. The summed E-state index contributed by atoms with van der Waals surface area (Å²) in [7, 11) is 0. The van der Waals surface area contributed by atoms with Gasteiger partial charge in [0, 0.05) is 27.6 Å². The van der Waals surface area contributed by atoms with E-state index < -0.39 is 0 Å². The lowest BCUT2D eigenvalue weighted by Gasteiger charge is -2.19. The van der Waals surface area contributed by atoms with Gasteiger partial charge in [0.25, 0.3) is 0 Å². The van der Waals surface area contributed by atoms with E-state index in [1.54, 1.807) is 0 Å². The fourth-order valence-corrected chi connectivity index (χ4v) is 3.32. The SMILES string of the molecule is Cl.Ic1ccc(-c2nc(N3CCCC3)c3ccccc3n2)cc1. The van der Waals surface area contributed by atoms with Crippen LogP contribution in [-0.4, -0.2) is 23.1 Å². The summed E-state index contributed by atoms with van der Waals surface area (Å²) in [6, 6.07) is 16.7. The largest absolute Gasteiger partial charge is 0.356 e. The molecule has 2 heterocycles. The fourth-order valence-electron chi connectivity index (χ4n) is 2.96. The zero-order valence-corrected chi connectivity index (χ0v) is 15.5. The van der Waals surface area contributed by atoms with Gasteiger partial charge in [0.05, 0.1) is 5.52 Å². The average molecular weight is 438 g/mol. The lowest BCUT2D eigenvalue weighted by atomic mass is 10.2. The van der Waals surface area contributed by atoms with Crippen LogP contribution in [0.4, 0.5) is 5.82 Å². The number of nitrogens with zero attached hydrogens (tertiary/aromatic N) is 3. The van der Waals surface area contributed by atoms with Crippen LogP contribution in [0.2, 0.25) is 0 Å². The van der Waals surface area contributed by atoms with Crippen LogP contribution in [-0.2, 0) is 0 Å². The second-order valence-electron chi connectivity index (χ2n) is 5.59. The van der Waals surface area contributed by atoms with Crippen LogP contribution in [0.3, 0.4) is 0 Å². The first kappa shape index (κ1) is 16.5. The number of aromatic nitrogens is 2. The van der Waals surface area contributed by atoms with Crippen LogP contribution in [0.1, 0.15) is 12.8 Å². The fraction of sp³-hybridized carbons (Fsp3) is 0.222. The predicted octanol–water partition coefficient (Wildman–Crippen LogP) is 4.92. The van der Waals surface area contributed by atoms with Crippen LogP contribution in [0.25, 0.3) is 22.3 Å². The van der Waals surface area contributed by atoms with E-state index in [0.717, 1.165) is 41.2 Å². The van der Waals surface area contributed by atoms with Crippen molar-refractivity contribution in [3.63, 3.8) is 0 Å². The number of hydrogen-bond donors (Lipinski definition) is 0. The Kier molecular flexibility index (Phi) is 5.02. The summed E-state index contributed by atoms with van der Waals surface area (Å²) >= 11 is 2.32. The van der Waals surface area contributed by atoms with E-state index in [1.807, 2.05) is 6.07 Å². The van der Waals surface area contributed by atoms with Gasteiger partial charge in [-0.1, -0.05) is 24.3 Å². The molecule has 3 nitrogen and oxygen atoms in total. The number of para-hydroxylation sites is 1. The number of halogens is 2. The molecule has 3 aromatic rings. The van der Waals surface area contributed by atoms with Crippen molar-refractivity contribution in [2.75, 3.05) is 18.0 Å². The minimum Gasteiger partial charge on any atom is -0.356 e. The van der Waals surface area contributed by atoms with Gasteiger partial charge in [0.1, 0.15) is 5.82 Å². The van der Waals surface area contributed by atoms with Gasteiger partial charge >= 0.3 is 0 Å². The Hall–Kier alpha value is -1.40. The van der Waals surface area contributed by atoms with Gasteiger partial charge in [0.2, 0.25) is 0 Å². The van der Waals surface area contributed by atoms with Crippen LogP contribution in [0.5, 0.6) is 0 Å². The lowest BCUT2D eigenvalue weighted by Crippen LogP contribution is -2.19. The Bertz CT molecular complexity index is 814. The van der Waals surface area contributed by atoms with Crippen molar-refractivity contribution in [3.05, 3.63) is 52.1 Å². The summed E-state index contributed by atoms with van der Waals surface area (Å²) in [5, 5.41) is 1.15. The predicted molar refractivity (Wildman–Crippen MR) is 106 cm³/mol. The van der Waals surface area contributed by atoms with Gasteiger partial charge < -0.3 is 4.90 Å². The van der Waals surface area contributed by atoms with Crippen molar-refractivity contribution in [2.24, 2.45) is 0 Å². The molecule has 1 aliphatic rings. The summed E-state index contributed by atoms with van der Waals surface area (Å²) in [6.45, 7) is 2.18. The molecule has 1 saturated heterocycles. The first-order chi connectivity index (χ1) is 10.8. The van der Waals surface area contributed by atoms with E-state index in [-0.39, 0.29) is 12.4 Å². The molecule has 0 saturated carbocycles. The van der Waals surface area contributed by atoms with E-state index in [2.05, 4.69) is 70.0 Å². The summed E-state index contributed by atoms with van der Waals surface area (Å²) in [4.78, 5) is 12.1. The van der Waals surface area contributed by atoms with Gasteiger partial charge in [-0.25, -0.2) is 9.97 Å². The zero-order chi connectivity index (χ0) is 14.9. The third-order valence-corrected chi connectivity index (χ3v) is 4.81. The third-order valence-electron chi connectivity index (χ3n) is 4.09.